The number of anilines is 1. The van der Waals surface area contributed by atoms with Crippen molar-refractivity contribution in [3.8, 4) is 5.82 Å². The second-order valence-electron chi connectivity index (χ2n) is 8.58. The number of carbonyl (C=O) groups excluding carboxylic acids is 1. The summed E-state index contributed by atoms with van der Waals surface area (Å²) in [7, 11) is 0. The first-order valence-corrected chi connectivity index (χ1v) is 11.1. The highest BCUT2D eigenvalue weighted by Gasteiger charge is 2.34. The Morgan fingerprint density at radius 3 is 2.39 bits per heavy atom. The molecule has 3 aromatic rings. The first kappa shape index (κ1) is 21.5. The fourth-order valence-electron chi connectivity index (χ4n) is 4.67. The van der Waals surface area contributed by atoms with E-state index in [1.807, 2.05) is 35.2 Å². The van der Waals surface area contributed by atoms with Crippen LogP contribution in [0.15, 0.2) is 55.1 Å². The number of rotatable bonds is 3. The number of piperidine rings is 1. The highest BCUT2D eigenvalue weighted by atomic mass is 19.4. The Bertz CT molecular complexity index is 1140. The number of amides is 1. The molecule has 172 valence electrons. The van der Waals surface area contributed by atoms with E-state index in [0.29, 0.717) is 44.5 Å². The van der Waals surface area contributed by atoms with Crippen LogP contribution in [-0.4, -0.2) is 45.0 Å². The minimum absolute atomic E-state index is 0.0356. The predicted octanol–water partition coefficient (Wildman–Crippen LogP) is 4.09. The van der Waals surface area contributed by atoms with Gasteiger partial charge < -0.3 is 14.4 Å². The van der Waals surface area contributed by atoms with Crippen LogP contribution in [0.25, 0.3) is 5.82 Å². The number of aromatic nitrogens is 3. The standard InChI is InChI=1S/C24H24F3N5O/c25-24(26,27)20-4-3-17-5-12-32(15-19(17)13-20)23(33)18-6-10-31(11-7-18)22-14-21(28-16-29-22)30-8-1-2-9-30/h1-4,8-9,13-14,16,18H,5-7,10-12,15H2. The zero-order valence-electron chi connectivity index (χ0n) is 18.0. The summed E-state index contributed by atoms with van der Waals surface area (Å²) in [5, 5.41) is 0. The van der Waals surface area contributed by atoms with E-state index in [-0.39, 0.29) is 18.4 Å². The van der Waals surface area contributed by atoms with E-state index in [9.17, 15) is 18.0 Å². The number of hydrogen-bond acceptors (Lipinski definition) is 4. The van der Waals surface area contributed by atoms with Crippen LogP contribution in [0.5, 0.6) is 0 Å². The van der Waals surface area contributed by atoms with Gasteiger partial charge in [0.2, 0.25) is 5.91 Å². The quantitative estimate of drug-likeness (QED) is 0.597. The molecule has 0 radical (unpaired) electrons. The van der Waals surface area contributed by atoms with Gasteiger partial charge in [0.05, 0.1) is 5.56 Å². The molecule has 0 unspecified atom stereocenters. The van der Waals surface area contributed by atoms with Crippen molar-refractivity contribution < 1.29 is 18.0 Å². The van der Waals surface area contributed by atoms with Gasteiger partial charge in [-0.25, -0.2) is 9.97 Å². The molecular weight excluding hydrogens is 431 g/mol. The van der Waals surface area contributed by atoms with E-state index in [4.69, 9.17) is 0 Å². The summed E-state index contributed by atoms with van der Waals surface area (Å²) in [6, 6.07) is 9.66. The maximum atomic E-state index is 13.2. The molecule has 0 atom stereocenters. The molecule has 4 heterocycles. The lowest BCUT2D eigenvalue weighted by Crippen LogP contribution is -2.44. The molecule has 1 fully saturated rings. The van der Waals surface area contributed by atoms with Crippen LogP contribution >= 0.6 is 0 Å². The number of hydrogen-bond donors (Lipinski definition) is 0. The van der Waals surface area contributed by atoms with Crippen LogP contribution in [0.4, 0.5) is 19.0 Å². The van der Waals surface area contributed by atoms with Crippen LogP contribution in [0.3, 0.4) is 0 Å². The summed E-state index contributed by atoms with van der Waals surface area (Å²) < 4.78 is 41.2. The zero-order valence-corrected chi connectivity index (χ0v) is 18.0. The summed E-state index contributed by atoms with van der Waals surface area (Å²) in [5.41, 5.74) is 0.831. The van der Waals surface area contributed by atoms with E-state index in [1.165, 1.54) is 6.07 Å². The lowest BCUT2D eigenvalue weighted by Gasteiger charge is -2.36. The Morgan fingerprint density at radius 2 is 1.67 bits per heavy atom. The molecule has 6 nitrogen and oxygen atoms in total. The van der Waals surface area contributed by atoms with Crippen molar-refractivity contribution >= 4 is 11.7 Å². The average Bonchev–Trinajstić information content (AvgIpc) is 3.38. The summed E-state index contributed by atoms with van der Waals surface area (Å²) in [6.07, 6.45) is 2.97. The monoisotopic (exact) mass is 455 g/mol. The molecular formula is C24H24F3N5O. The minimum atomic E-state index is -4.38. The van der Waals surface area contributed by atoms with Crippen molar-refractivity contribution in [3.63, 3.8) is 0 Å². The average molecular weight is 455 g/mol. The first-order chi connectivity index (χ1) is 15.9. The van der Waals surface area contributed by atoms with Gasteiger partial charge in [0.1, 0.15) is 18.0 Å². The van der Waals surface area contributed by atoms with Gasteiger partial charge in [0.15, 0.2) is 0 Å². The number of nitrogens with zero attached hydrogens (tertiary/aromatic N) is 5. The normalized spacial score (nSPS) is 17.2. The molecule has 2 aliphatic heterocycles. The van der Waals surface area contributed by atoms with Gasteiger partial charge in [0.25, 0.3) is 0 Å². The Kier molecular flexibility index (Phi) is 5.55. The Morgan fingerprint density at radius 1 is 0.939 bits per heavy atom. The fourth-order valence-corrected chi connectivity index (χ4v) is 4.67. The summed E-state index contributed by atoms with van der Waals surface area (Å²) in [4.78, 5) is 25.7. The smallest absolute Gasteiger partial charge is 0.356 e. The van der Waals surface area contributed by atoms with Gasteiger partial charge in [-0.2, -0.15) is 13.2 Å². The van der Waals surface area contributed by atoms with Crippen molar-refractivity contribution in [1.29, 1.82) is 0 Å². The van der Waals surface area contributed by atoms with E-state index in [2.05, 4.69) is 14.9 Å². The van der Waals surface area contributed by atoms with Crippen molar-refractivity contribution in [2.24, 2.45) is 5.92 Å². The van der Waals surface area contributed by atoms with Gasteiger partial charge in [-0.05, 0) is 54.7 Å². The van der Waals surface area contributed by atoms with Gasteiger partial charge >= 0.3 is 6.18 Å². The summed E-state index contributed by atoms with van der Waals surface area (Å²) in [6.45, 7) is 2.18. The van der Waals surface area contributed by atoms with Crippen LogP contribution in [-0.2, 0) is 23.9 Å². The molecule has 1 amide bonds. The van der Waals surface area contributed by atoms with Crippen LogP contribution < -0.4 is 4.90 Å². The van der Waals surface area contributed by atoms with Crippen molar-refractivity contribution in [1.82, 2.24) is 19.4 Å². The Labute approximate surface area is 189 Å². The molecule has 5 rings (SSSR count). The van der Waals surface area contributed by atoms with Gasteiger partial charge in [-0.1, -0.05) is 6.07 Å². The van der Waals surface area contributed by atoms with Crippen LogP contribution in [0.1, 0.15) is 29.5 Å². The van der Waals surface area contributed by atoms with E-state index < -0.39 is 11.7 Å². The molecule has 0 saturated carbocycles. The molecule has 2 aromatic heterocycles. The van der Waals surface area contributed by atoms with E-state index in [0.717, 1.165) is 23.3 Å². The third-order valence-electron chi connectivity index (χ3n) is 6.53. The van der Waals surface area contributed by atoms with Gasteiger partial charge in [-0.15, -0.1) is 0 Å². The molecule has 0 bridgehead atoms. The molecule has 0 aliphatic carbocycles. The largest absolute Gasteiger partial charge is 0.416 e. The van der Waals surface area contributed by atoms with Crippen molar-refractivity contribution in [3.05, 3.63) is 71.8 Å². The van der Waals surface area contributed by atoms with Crippen molar-refractivity contribution in [2.45, 2.75) is 32.0 Å². The first-order valence-electron chi connectivity index (χ1n) is 11.1. The topological polar surface area (TPSA) is 54.3 Å². The second kappa shape index (κ2) is 8.53. The van der Waals surface area contributed by atoms with Crippen LogP contribution in [0, 0.1) is 5.92 Å². The predicted molar refractivity (Wildman–Crippen MR) is 117 cm³/mol. The lowest BCUT2D eigenvalue weighted by molar-refractivity contribution is -0.137. The second-order valence-corrected chi connectivity index (χ2v) is 8.58. The number of carbonyl (C=O) groups is 1. The highest BCUT2D eigenvalue weighted by molar-refractivity contribution is 5.79. The lowest BCUT2D eigenvalue weighted by atomic mass is 9.92. The van der Waals surface area contributed by atoms with E-state index >= 15 is 0 Å². The van der Waals surface area contributed by atoms with Gasteiger partial charge in [0, 0.05) is 50.6 Å². The highest BCUT2D eigenvalue weighted by Crippen LogP contribution is 2.33. The Balaban J connectivity index is 1.22. The SMILES string of the molecule is O=C(C1CCN(c2cc(-n3cccc3)ncn2)CC1)N1CCc2ccc(C(F)(F)F)cc2C1. The molecule has 0 N–H and O–H groups in total. The number of alkyl halides is 3. The maximum absolute atomic E-state index is 13.2. The Hall–Kier alpha value is -3.36. The van der Waals surface area contributed by atoms with Crippen molar-refractivity contribution in [2.75, 3.05) is 24.5 Å². The summed E-state index contributed by atoms with van der Waals surface area (Å²) >= 11 is 0. The third kappa shape index (κ3) is 4.44. The maximum Gasteiger partial charge on any atom is 0.416 e. The number of benzene rings is 1. The van der Waals surface area contributed by atoms with Gasteiger partial charge in [-0.3, -0.25) is 4.79 Å². The summed E-state index contributed by atoms with van der Waals surface area (Å²) in [5.74, 6) is 1.52. The van der Waals surface area contributed by atoms with Crippen LogP contribution in [0.2, 0.25) is 0 Å². The zero-order chi connectivity index (χ0) is 23.0. The minimum Gasteiger partial charge on any atom is -0.356 e. The molecule has 1 saturated heterocycles. The molecule has 33 heavy (non-hydrogen) atoms. The number of fused-ring (bicyclic) bond motifs is 1. The molecule has 1 aromatic carbocycles. The molecule has 2 aliphatic rings. The number of halogens is 3. The third-order valence-corrected chi connectivity index (χ3v) is 6.53. The molecule has 9 heteroatoms. The fraction of sp³-hybridized carbons (Fsp3) is 0.375. The molecule has 0 spiro atoms. The van der Waals surface area contributed by atoms with E-state index in [1.54, 1.807) is 17.3 Å².